The van der Waals surface area contributed by atoms with Crippen LogP contribution in [-0.2, 0) is 0 Å². The molecule has 1 atom stereocenters. The Balaban J connectivity index is 1.96. The summed E-state index contributed by atoms with van der Waals surface area (Å²) in [6.07, 6.45) is 5.56. The van der Waals surface area contributed by atoms with E-state index in [2.05, 4.69) is 4.99 Å². The van der Waals surface area contributed by atoms with Gasteiger partial charge in [-0.1, -0.05) is 36.4 Å². The van der Waals surface area contributed by atoms with Crippen molar-refractivity contribution in [2.24, 2.45) is 4.99 Å². The molecule has 4 rings (SSSR count). The standard InChI is InChI=1S/C23H22N2O3/c1-23(2,3)24-14-25-13-12-15-8-4-5-9-16(15)20(25)19-21(26)17-10-6-7-11-18(17)28-22(19)27/h4-14,20,26H,1-3H3. The Kier molecular flexibility index (Phi) is 4.30. The van der Waals surface area contributed by atoms with Crippen molar-refractivity contribution in [1.29, 1.82) is 0 Å². The second-order valence-corrected chi connectivity index (χ2v) is 7.86. The minimum Gasteiger partial charge on any atom is -0.507 e. The van der Waals surface area contributed by atoms with Crippen molar-refractivity contribution in [2.75, 3.05) is 0 Å². The number of aromatic hydroxyl groups is 1. The maximum absolute atomic E-state index is 12.9. The van der Waals surface area contributed by atoms with Gasteiger partial charge in [0.1, 0.15) is 16.9 Å². The number of fused-ring (bicyclic) bond motifs is 2. The quantitative estimate of drug-likeness (QED) is 0.401. The van der Waals surface area contributed by atoms with Gasteiger partial charge in [-0.15, -0.1) is 0 Å². The maximum Gasteiger partial charge on any atom is 0.345 e. The van der Waals surface area contributed by atoms with Crippen molar-refractivity contribution in [1.82, 2.24) is 4.90 Å². The van der Waals surface area contributed by atoms with E-state index < -0.39 is 11.7 Å². The fourth-order valence-electron chi connectivity index (χ4n) is 3.36. The van der Waals surface area contributed by atoms with Crippen LogP contribution in [0.4, 0.5) is 0 Å². The van der Waals surface area contributed by atoms with Gasteiger partial charge >= 0.3 is 5.63 Å². The van der Waals surface area contributed by atoms with Crippen LogP contribution in [0.1, 0.15) is 43.5 Å². The number of nitrogens with zero attached hydrogens (tertiary/aromatic N) is 2. The summed E-state index contributed by atoms with van der Waals surface area (Å²) in [5.74, 6) is -0.0592. The van der Waals surface area contributed by atoms with E-state index in [0.717, 1.165) is 11.1 Å². The highest BCUT2D eigenvalue weighted by molar-refractivity contribution is 5.85. The lowest BCUT2D eigenvalue weighted by Crippen LogP contribution is -2.31. The molecule has 1 aliphatic rings. The number of rotatable bonds is 2. The molecule has 2 heterocycles. The summed E-state index contributed by atoms with van der Waals surface area (Å²) in [7, 11) is 0. The van der Waals surface area contributed by atoms with Gasteiger partial charge in [0.25, 0.3) is 0 Å². The Hall–Kier alpha value is -3.34. The molecule has 1 unspecified atom stereocenters. The fourth-order valence-corrected chi connectivity index (χ4v) is 3.36. The Morgan fingerprint density at radius 3 is 2.61 bits per heavy atom. The molecule has 0 amide bonds. The molecule has 1 N–H and O–H groups in total. The van der Waals surface area contributed by atoms with Crippen LogP contribution in [-0.4, -0.2) is 21.9 Å². The van der Waals surface area contributed by atoms with Gasteiger partial charge < -0.3 is 14.4 Å². The maximum atomic E-state index is 12.9. The van der Waals surface area contributed by atoms with Crippen molar-refractivity contribution < 1.29 is 9.52 Å². The molecule has 28 heavy (non-hydrogen) atoms. The van der Waals surface area contributed by atoms with E-state index in [1.807, 2.05) is 62.2 Å². The number of para-hydroxylation sites is 1. The van der Waals surface area contributed by atoms with Gasteiger partial charge in [-0.05, 0) is 50.1 Å². The average molecular weight is 374 g/mol. The van der Waals surface area contributed by atoms with E-state index in [4.69, 9.17) is 4.42 Å². The molecule has 0 spiro atoms. The van der Waals surface area contributed by atoms with Gasteiger partial charge in [-0.3, -0.25) is 4.99 Å². The van der Waals surface area contributed by atoms with Crippen LogP contribution in [0, 0.1) is 0 Å². The van der Waals surface area contributed by atoms with E-state index in [1.54, 1.807) is 30.6 Å². The van der Waals surface area contributed by atoms with Gasteiger partial charge in [-0.25, -0.2) is 4.79 Å². The number of hydrogen-bond acceptors (Lipinski definition) is 4. The van der Waals surface area contributed by atoms with Gasteiger partial charge in [0, 0.05) is 6.20 Å². The van der Waals surface area contributed by atoms with Crippen molar-refractivity contribution in [3.05, 3.63) is 81.8 Å². The topological polar surface area (TPSA) is 66.0 Å². The van der Waals surface area contributed by atoms with E-state index in [-0.39, 0.29) is 16.9 Å². The summed E-state index contributed by atoms with van der Waals surface area (Å²) in [6.45, 7) is 6.01. The van der Waals surface area contributed by atoms with Gasteiger partial charge in [0.2, 0.25) is 0 Å². The molecule has 0 saturated heterocycles. The Morgan fingerprint density at radius 2 is 1.82 bits per heavy atom. The minimum absolute atomic E-state index is 0.0592. The lowest BCUT2D eigenvalue weighted by molar-refractivity contribution is 0.406. The third kappa shape index (κ3) is 3.20. The Bertz CT molecular complexity index is 1150. The second kappa shape index (κ2) is 6.68. The summed E-state index contributed by atoms with van der Waals surface area (Å²) < 4.78 is 5.52. The van der Waals surface area contributed by atoms with Crippen LogP contribution in [0.15, 0.2) is 68.9 Å². The van der Waals surface area contributed by atoms with E-state index in [1.165, 1.54) is 0 Å². The number of aliphatic imine (C=N–C) groups is 1. The van der Waals surface area contributed by atoms with Crippen molar-refractivity contribution in [3.63, 3.8) is 0 Å². The van der Waals surface area contributed by atoms with Crippen LogP contribution in [0.25, 0.3) is 17.0 Å². The molecule has 2 aromatic carbocycles. The highest BCUT2D eigenvalue weighted by atomic mass is 16.4. The number of hydrogen-bond donors (Lipinski definition) is 1. The van der Waals surface area contributed by atoms with E-state index in [9.17, 15) is 9.90 Å². The first kappa shape index (κ1) is 18.0. The zero-order valence-electron chi connectivity index (χ0n) is 16.1. The summed E-state index contributed by atoms with van der Waals surface area (Å²) in [5, 5.41) is 11.5. The Morgan fingerprint density at radius 1 is 1.11 bits per heavy atom. The fraction of sp³-hybridized carbons (Fsp3) is 0.217. The molecular formula is C23H22N2O3. The molecule has 0 bridgehead atoms. The monoisotopic (exact) mass is 374 g/mol. The highest BCUT2D eigenvalue weighted by Crippen LogP contribution is 2.39. The zero-order chi connectivity index (χ0) is 19.9. The van der Waals surface area contributed by atoms with Crippen molar-refractivity contribution in [3.8, 4) is 5.75 Å². The smallest absolute Gasteiger partial charge is 0.345 e. The summed E-state index contributed by atoms with van der Waals surface area (Å²) in [4.78, 5) is 19.3. The third-order valence-electron chi connectivity index (χ3n) is 4.69. The summed E-state index contributed by atoms with van der Waals surface area (Å²) in [5.41, 5.74) is 1.63. The molecule has 0 saturated carbocycles. The van der Waals surface area contributed by atoms with Crippen molar-refractivity contribution in [2.45, 2.75) is 32.4 Å². The van der Waals surface area contributed by atoms with Crippen molar-refractivity contribution >= 4 is 23.4 Å². The minimum atomic E-state index is -0.555. The number of benzene rings is 2. The first-order valence-corrected chi connectivity index (χ1v) is 9.20. The highest BCUT2D eigenvalue weighted by Gasteiger charge is 2.31. The Labute approximate surface area is 163 Å². The lowest BCUT2D eigenvalue weighted by Gasteiger charge is -2.32. The molecule has 1 aromatic heterocycles. The molecule has 3 aromatic rings. The second-order valence-electron chi connectivity index (χ2n) is 7.86. The van der Waals surface area contributed by atoms with Crippen LogP contribution in [0.5, 0.6) is 5.75 Å². The normalized spacial score (nSPS) is 16.7. The van der Waals surface area contributed by atoms with Crippen LogP contribution in [0.2, 0.25) is 0 Å². The predicted molar refractivity (Wildman–Crippen MR) is 112 cm³/mol. The predicted octanol–water partition coefficient (Wildman–Crippen LogP) is 4.70. The molecule has 0 fully saturated rings. The largest absolute Gasteiger partial charge is 0.507 e. The summed E-state index contributed by atoms with van der Waals surface area (Å²) >= 11 is 0. The molecular weight excluding hydrogens is 352 g/mol. The third-order valence-corrected chi connectivity index (χ3v) is 4.69. The summed E-state index contributed by atoms with van der Waals surface area (Å²) in [6, 6.07) is 14.3. The van der Waals surface area contributed by atoms with Gasteiger partial charge in [-0.2, -0.15) is 0 Å². The molecule has 0 radical (unpaired) electrons. The first-order valence-electron chi connectivity index (χ1n) is 9.20. The van der Waals surface area contributed by atoms with Gasteiger partial charge in [0.05, 0.1) is 23.3 Å². The zero-order valence-corrected chi connectivity index (χ0v) is 16.1. The molecule has 142 valence electrons. The lowest BCUT2D eigenvalue weighted by atomic mass is 9.91. The van der Waals surface area contributed by atoms with E-state index in [0.29, 0.717) is 11.0 Å². The molecule has 5 nitrogen and oxygen atoms in total. The average Bonchev–Trinajstić information content (AvgIpc) is 2.66. The SMILES string of the molecule is CC(C)(C)N=CN1C=Cc2ccccc2C1c1c(O)c2ccccc2oc1=O. The first-order chi connectivity index (χ1) is 13.3. The van der Waals surface area contributed by atoms with Crippen LogP contribution < -0.4 is 5.63 Å². The molecule has 1 aliphatic heterocycles. The van der Waals surface area contributed by atoms with Crippen LogP contribution in [0.3, 0.4) is 0 Å². The van der Waals surface area contributed by atoms with Crippen LogP contribution >= 0.6 is 0 Å². The van der Waals surface area contributed by atoms with E-state index >= 15 is 0 Å². The molecule has 5 heteroatoms. The van der Waals surface area contributed by atoms with Gasteiger partial charge in [0.15, 0.2) is 0 Å². The molecule has 0 aliphatic carbocycles.